The number of hydrogen-bond acceptors (Lipinski definition) is 0. The fourth-order valence-corrected chi connectivity index (χ4v) is 3.86. The average Bonchev–Trinajstić information content (AvgIpc) is 2.60. The Morgan fingerprint density at radius 1 is 0.846 bits per heavy atom. The van der Waals surface area contributed by atoms with Crippen molar-refractivity contribution in [1.29, 1.82) is 0 Å². The Bertz CT molecular complexity index is 730. The lowest BCUT2D eigenvalue weighted by molar-refractivity contribution is -0.142. The third-order valence-electron chi connectivity index (χ3n) is 5.47. The molecular formula is C21H21F5. The quantitative estimate of drug-likeness (QED) is 0.497. The van der Waals surface area contributed by atoms with Crippen molar-refractivity contribution >= 4 is 0 Å². The van der Waals surface area contributed by atoms with E-state index in [1.807, 2.05) is 12.1 Å². The van der Waals surface area contributed by atoms with Gasteiger partial charge in [-0.2, -0.15) is 13.2 Å². The Labute approximate surface area is 150 Å². The van der Waals surface area contributed by atoms with Gasteiger partial charge in [-0.05, 0) is 66.3 Å². The van der Waals surface area contributed by atoms with Gasteiger partial charge in [-0.3, -0.25) is 0 Å². The van der Waals surface area contributed by atoms with E-state index in [-0.39, 0.29) is 5.56 Å². The summed E-state index contributed by atoms with van der Waals surface area (Å²) in [6.07, 6.45) is 0.823. The molecule has 1 saturated carbocycles. The van der Waals surface area contributed by atoms with E-state index in [0.29, 0.717) is 11.5 Å². The summed E-state index contributed by atoms with van der Waals surface area (Å²) in [6, 6.07) is 8.77. The van der Waals surface area contributed by atoms with Crippen molar-refractivity contribution in [1.82, 2.24) is 0 Å². The third-order valence-corrected chi connectivity index (χ3v) is 5.47. The maximum atomic E-state index is 13.8. The molecule has 0 saturated heterocycles. The van der Waals surface area contributed by atoms with E-state index in [1.54, 1.807) is 12.1 Å². The summed E-state index contributed by atoms with van der Waals surface area (Å²) in [4.78, 5) is 0. The van der Waals surface area contributed by atoms with Crippen LogP contribution in [0.2, 0.25) is 0 Å². The van der Waals surface area contributed by atoms with Crippen LogP contribution in [0.5, 0.6) is 0 Å². The van der Waals surface area contributed by atoms with E-state index in [2.05, 4.69) is 6.92 Å². The van der Waals surface area contributed by atoms with Gasteiger partial charge in [0, 0.05) is 0 Å². The minimum absolute atomic E-state index is 0.106. The predicted molar refractivity (Wildman–Crippen MR) is 91.8 cm³/mol. The third kappa shape index (κ3) is 3.92. The second-order valence-electron chi connectivity index (χ2n) is 7.06. The largest absolute Gasteiger partial charge is 0.422 e. The Hall–Kier alpha value is -1.91. The van der Waals surface area contributed by atoms with Gasteiger partial charge in [0.25, 0.3) is 0 Å². The molecule has 0 N–H and O–H groups in total. The molecular weight excluding hydrogens is 347 g/mol. The van der Waals surface area contributed by atoms with Crippen LogP contribution >= 0.6 is 0 Å². The SMILES string of the molecule is CCC1CCC(c2ccc(-c3cc(F)c(C(F)(F)F)c(F)c3)cc2)CC1. The number of benzene rings is 2. The molecule has 2 aromatic carbocycles. The summed E-state index contributed by atoms with van der Waals surface area (Å²) in [5.41, 5.74) is -0.0570. The lowest BCUT2D eigenvalue weighted by Gasteiger charge is -2.28. The first-order valence-electron chi connectivity index (χ1n) is 8.96. The van der Waals surface area contributed by atoms with Crippen molar-refractivity contribution in [2.75, 3.05) is 0 Å². The molecule has 0 bridgehead atoms. The van der Waals surface area contributed by atoms with E-state index >= 15 is 0 Å². The Morgan fingerprint density at radius 2 is 1.38 bits per heavy atom. The molecule has 0 heterocycles. The normalized spacial score (nSPS) is 21.0. The summed E-state index contributed by atoms with van der Waals surface area (Å²) in [5, 5.41) is 0. The second kappa shape index (κ2) is 7.37. The maximum Gasteiger partial charge on any atom is 0.422 e. The molecule has 0 radical (unpaired) electrons. The molecule has 2 aromatic rings. The van der Waals surface area contributed by atoms with Crippen LogP contribution in [0.25, 0.3) is 11.1 Å². The van der Waals surface area contributed by atoms with E-state index in [1.165, 1.54) is 24.8 Å². The number of alkyl halides is 3. The molecule has 1 fully saturated rings. The highest BCUT2D eigenvalue weighted by atomic mass is 19.4. The topological polar surface area (TPSA) is 0 Å². The van der Waals surface area contributed by atoms with Gasteiger partial charge in [0.05, 0.1) is 0 Å². The van der Waals surface area contributed by atoms with Gasteiger partial charge < -0.3 is 0 Å². The van der Waals surface area contributed by atoms with Crippen LogP contribution in [0, 0.1) is 17.6 Å². The summed E-state index contributed by atoms with van der Waals surface area (Å²) in [7, 11) is 0. The zero-order valence-electron chi connectivity index (χ0n) is 14.5. The molecule has 0 aromatic heterocycles. The first-order valence-corrected chi connectivity index (χ1v) is 8.96. The first kappa shape index (κ1) is 18.9. The molecule has 0 aliphatic heterocycles. The fourth-order valence-electron chi connectivity index (χ4n) is 3.86. The zero-order valence-corrected chi connectivity index (χ0v) is 14.5. The van der Waals surface area contributed by atoms with Crippen molar-refractivity contribution in [3.05, 3.63) is 59.2 Å². The van der Waals surface area contributed by atoms with Crippen molar-refractivity contribution in [3.63, 3.8) is 0 Å². The maximum absolute atomic E-state index is 13.8. The summed E-state index contributed by atoms with van der Waals surface area (Å²) < 4.78 is 65.6. The smallest absolute Gasteiger partial charge is 0.206 e. The fraction of sp³-hybridized carbons (Fsp3) is 0.429. The number of halogens is 5. The van der Waals surface area contributed by atoms with Crippen molar-refractivity contribution in [3.8, 4) is 11.1 Å². The van der Waals surface area contributed by atoms with E-state index < -0.39 is 23.4 Å². The van der Waals surface area contributed by atoms with E-state index in [0.717, 1.165) is 30.9 Å². The molecule has 140 valence electrons. The molecule has 5 heteroatoms. The summed E-state index contributed by atoms with van der Waals surface area (Å²) >= 11 is 0. The molecule has 3 rings (SSSR count). The Balaban J connectivity index is 1.81. The van der Waals surface area contributed by atoms with Gasteiger partial charge in [-0.15, -0.1) is 0 Å². The van der Waals surface area contributed by atoms with E-state index in [4.69, 9.17) is 0 Å². The van der Waals surface area contributed by atoms with Crippen LogP contribution in [0.3, 0.4) is 0 Å². The van der Waals surface area contributed by atoms with Crippen molar-refractivity contribution < 1.29 is 22.0 Å². The molecule has 0 unspecified atom stereocenters. The number of rotatable bonds is 3. The van der Waals surface area contributed by atoms with Gasteiger partial charge in [0.1, 0.15) is 17.2 Å². The van der Waals surface area contributed by atoms with Gasteiger partial charge in [-0.1, -0.05) is 37.6 Å². The minimum atomic E-state index is -5.05. The minimum Gasteiger partial charge on any atom is -0.206 e. The van der Waals surface area contributed by atoms with Gasteiger partial charge in [-0.25, -0.2) is 8.78 Å². The van der Waals surface area contributed by atoms with Crippen molar-refractivity contribution in [2.24, 2.45) is 5.92 Å². The standard InChI is InChI=1S/C21H21F5/c1-2-13-3-5-14(6-4-13)15-7-9-16(10-8-15)17-11-18(22)20(19(23)12-17)21(24,25)26/h7-14H,2-6H2,1H3. The molecule has 1 aliphatic rings. The summed E-state index contributed by atoms with van der Waals surface area (Å²) in [5.74, 6) is -1.90. The molecule has 26 heavy (non-hydrogen) atoms. The highest BCUT2D eigenvalue weighted by molar-refractivity contribution is 5.64. The predicted octanol–water partition coefficient (Wildman–Crippen LogP) is 7.33. The highest BCUT2D eigenvalue weighted by Gasteiger charge is 2.38. The number of hydrogen-bond donors (Lipinski definition) is 0. The second-order valence-corrected chi connectivity index (χ2v) is 7.06. The molecule has 0 amide bonds. The zero-order chi connectivity index (χ0) is 18.9. The van der Waals surface area contributed by atoms with Gasteiger partial charge in [0.15, 0.2) is 0 Å². The van der Waals surface area contributed by atoms with Crippen molar-refractivity contribution in [2.45, 2.75) is 51.1 Å². The lowest BCUT2D eigenvalue weighted by atomic mass is 9.77. The average molecular weight is 368 g/mol. The Morgan fingerprint density at radius 3 is 1.85 bits per heavy atom. The monoisotopic (exact) mass is 368 g/mol. The van der Waals surface area contributed by atoms with Crippen LogP contribution in [0.4, 0.5) is 22.0 Å². The van der Waals surface area contributed by atoms with E-state index in [9.17, 15) is 22.0 Å². The lowest BCUT2D eigenvalue weighted by Crippen LogP contribution is -2.12. The van der Waals surface area contributed by atoms with Crippen LogP contribution < -0.4 is 0 Å². The summed E-state index contributed by atoms with van der Waals surface area (Å²) in [6.45, 7) is 2.21. The van der Waals surface area contributed by atoms with Crippen LogP contribution in [0.1, 0.15) is 56.1 Å². The van der Waals surface area contributed by atoms with Crippen LogP contribution in [-0.4, -0.2) is 0 Å². The van der Waals surface area contributed by atoms with Gasteiger partial charge >= 0.3 is 6.18 Å². The molecule has 0 nitrogen and oxygen atoms in total. The molecule has 1 aliphatic carbocycles. The van der Waals surface area contributed by atoms with Crippen LogP contribution in [0.15, 0.2) is 36.4 Å². The van der Waals surface area contributed by atoms with Crippen LogP contribution in [-0.2, 0) is 6.18 Å². The first-order chi connectivity index (χ1) is 12.3. The van der Waals surface area contributed by atoms with Gasteiger partial charge in [0.2, 0.25) is 0 Å². The Kier molecular flexibility index (Phi) is 5.35. The molecule has 0 atom stereocenters. The highest BCUT2D eigenvalue weighted by Crippen LogP contribution is 2.38. The molecule has 0 spiro atoms.